The summed E-state index contributed by atoms with van der Waals surface area (Å²) in [6, 6.07) is 12.6. The van der Waals surface area contributed by atoms with Gasteiger partial charge < -0.3 is 20.0 Å². The summed E-state index contributed by atoms with van der Waals surface area (Å²) in [6.45, 7) is 1.92. The van der Waals surface area contributed by atoms with E-state index in [1.54, 1.807) is 16.8 Å². The zero-order valence-electron chi connectivity index (χ0n) is 21.9. The fraction of sp³-hybridized carbons (Fsp3) is 0.483. The Morgan fingerprint density at radius 3 is 2.68 bits per heavy atom. The van der Waals surface area contributed by atoms with Crippen LogP contribution in [0.2, 0.25) is 0 Å². The molecule has 0 saturated carbocycles. The molecule has 1 fully saturated rings. The summed E-state index contributed by atoms with van der Waals surface area (Å²) in [5.74, 6) is -1.06. The van der Waals surface area contributed by atoms with Crippen molar-refractivity contribution in [1.29, 1.82) is 0 Å². The molecule has 4 rings (SSSR count). The number of halogens is 3. The van der Waals surface area contributed by atoms with Crippen molar-refractivity contribution in [1.82, 2.24) is 20.0 Å². The van der Waals surface area contributed by atoms with Gasteiger partial charge in [-0.1, -0.05) is 30.3 Å². The van der Waals surface area contributed by atoms with Gasteiger partial charge in [0.25, 0.3) is 0 Å². The molecule has 0 aliphatic carbocycles. The van der Waals surface area contributed by atoms with Crippen LogP contribution in [0, 0.1) is 11.6 Å². The van der Waals surface area contributed by atoms with E-state index >= 15 is 0 Å². The standard InChI is InChI=1S/C29H37F3N4O/c1-33-14-7-13-29(22-8-5-4-6-9-22)18-21(26-17-23(30)10-11-27(26)32)19-36(29)28(37)35(3)25-12-15-34(2)20-24(31)16-25/h4-6,8-11,17-18,24-25,33H,7,12-16,19-20H2,1-3H3/t24?,25?,29-/m0/s1. The van der Waals surface area contributed by atoms with Gasteiger partial charge in [0.05, 0.1) is 5.54 Å². The van der Waals surface area contributed by atoms with Crippen molar-refractivity contribution in [2.75, 3.05) is 47.3 Å². The minimum atomic E-state index is -1.02. The molecule has 2 aliphatic heterocycles. The molecule has 2 aliphatic rings. The Morgan fingerprint density at radius 2 is 1.95 bits per heavy atom. The molecule has 2 heterocycles. The third-order valence-corrected chi connectivity index (χ3v) is 7.72. The fourth-order valence-corrected chi connectivity index (χ4v) is 5.70. The second-order valence-electron chi connectivity index (χ2n) is 10.3. The third-order valence-electron chi connectivity index (χ3n) is 7.72. The number of amides is 2. The van der Waals surface area contributed by atoms with Gasteiger partial charge in [0.15, 0.2) is 0 Å². The van der Waals surface area contributed by atoms with Crippen molar-refractivity contribution >= 4 is 11.6 Å². The van der Waals surface area contributed by atoms with E-state index in [0.29, 0.717) is 31.5 Å². The van der Waals surface area contributed by atoms with Gasteiger partial charge in [0.1, 0.15) is 17.8 Å². The molecule has 2 unspecified atom stereocenters. The van der Waals surface area contributed by atoms with Crippen LogP contribution >= 0.6 is 0 Å². The predicted octanol–water partition coefficient (Wildman–Crippen LogP) is 5.04. The van der Waals surface area contributed by atoms with Crippen molar-refractivity contribution in [3.8, 4) is 0 Å². The molecule has 1 saturated heterocycles. The molecule has 37 heavy (non-hydrogen) atoms. The number of alkyl halides is 1. The van der Waals surface area contributed by atoms with Gasteiger partial charge in [-0.2, -0.15) is 0 Å². The number of hydrogen-bond acceptors (Lipinski definition) is 3. The molecule has 200 valence electrons. The Labute approximate surface area is 217 Å². The maximum absolute atomic E-state index is 14.9. The maximum atomic E-state index is 14.9. The lowest BCUT2D eigenvalue weighted by Crippen LogP contribution is -2.53. The second kappa shape index (κ2) is 11.7. The Morgan fingerprint density at radius 1 is 1.19 bits per heavy atom. The van der Waals surface area contributed by atoms with E-state index in [0.717, 1.165) is 30.7 Å². The minimum absolute atomic E-state index is 0.129. The Bertz CT molecular complexity index is 1110. The van der Waals surface area contributed by atoms with Gasteiger partial charge >= 0.3 is 6.03 Å². The predicted molar refractivity (Wildman–Crippen MR) is 141 cm³/mol. The van der Waals surface area contributed by atoms with Crippen molar-refractivity contribution in [2.45, 2.75) is 43.4 Å². The summed E-state index contributed by atoms with van der Waals surface area (Å²) in [4.78, 5) is 19.6. The first-order chi connectivity index (χ1) is 17.7. The lowest BCUT2D eigenvalue weighted by molar-refractivity contribution is 0.104. The molecule has 2 amide bonds. The van der Waals surface area contributed by atoms with Crippen LogP contribution in [0.5, 0.6) is 0 Å². The average Bonchev–Trinajstić information content (AvgIpc) is 3.19. The summed E-state index contributed by atoms with van der Waals surface area (Å²) in [5, 5.41) is 3.16. The van der Waals surface area contributed by atoms with Gasteiger partial charge in [-0.3, -0.25) is 0 Å². The average molecular weight is 515 g/mol. The highest BCUT2D eigenvalue weighted by atomic mass is 19.1. The lowest BCUT2D eigenvalue weighted by Gasteiger charge is -2.42. The maximum Gasteiger partial charge on any atom is 0.321 e. The monoisotopic (exact) mass is 514 g/mol. The van der Waals surface area contributed by atoms with Gasteiger partial charge in [0, 0.05) is 38.2 Å². The molecule has 2 aromatic carbocycles. The van der Waals surface area contributed by atoms with Gasteiger partial charge in [-0.15, -0.1) is 0 Å². The number of carbonyl (C=O) groups excluding carboxylic acids is 1. The van der Waals surface area contributed by atoms with Crippen molar-refractivity contribution in [3.63, 3.8) is 0 Å². The summed E-state index contributed by atoms with van der Waals surface area (Å²) >= 11 is 0. The van der Waals surface area contributed by atoms with Gasteiger partial charge in [-0.25, -0.2) is 18.0 Å². The SMILES string of the molecule is CNCCC[C@@]1(c2ccccc2)C=C(c2cc(F)ccc2F)CN1C(=O)N(C)C1CCN(C)CC(F)C1. The Balaban J connectivity index is 1.76. The third kappa shape index (κ3) is 5.85. The molecule has 0 bridgehead atoms. The van der Waals surface area contributed by atoms with E-state index in [9.17, 15) is 18.0 Å². The molecule has 0 aromatic heterocycles. The molecule has 0 spiro atoms. The zero-order valence-corrected chi connectivity index (χ0v) is 21.9. The van der Waals surface area contributed by atoms with Crippen LogP contribution in [0.15, 0.2) is 54.6 Å². The molecular formula is C29H37F3N4O. The van der Waals surface area contributed by atoms with Crippen molar-refractivity contribution in [2.24, 2.45) is 0 Å². The molecule has 0 radical (unpaired) electrons. The molecule has 5 nitrogen and oxygen atoms in total. The first-order valence-corrected chi connectivity index (χ1v) is 13.0. The van der Waals surface area contributed by atoms with E-state index in [2.05, 4.69) is 5.32 Å². The molecule has 3 atom stereocenters. The largest absolute Gasteiger partial charge is 0.325 e. The Hall–Kier alpha value is -2.84. The van der Waals surface area contributed by atoms with Crippen molar-refractivity contribution in [3.05, 3.63) is 77.4 Å². The minimum Gasteiger partial charge on any atom is -0.325 e. The Kier molecular flexibility index (Phi) is 8.60. The zero-order chi connectivity index (χ0) is 26.6. The number of nitrogens with zero attached hydrogens (tertiary/aromatic N) is 3. The van der Waals surface area contributed by atoms with Crippen LogP contribution < -0.4 is 5.32 Å². The molecule has 1 N–H and O–H groups in total. The highest BCUT2D eigenvalue weighted by molar-refractivity contribution is 5.83. The second-order valence-corrected chi connectivity index (χ2v) is 10.3. The number of likely N-dealkylation sites (tertiary alicyclic amines) is 1. The molecular weight excluding hydrogens is 477 g/mol. The van der Waals surface area contributed by atoms with Gasteiger partial charge in [0.2, 0.25) is 0 Å². The van der Waals surface area contributed by atoms with Crippen LogP contribution in [0.4, 0.5) is 18.0 Å². The van der Waals surface area contributed by atoms with Crippen LogP contribution in [0.25, 0.3) is 5.57 Å². The summed E-state index contributed by atoms with van der Waals surface area (Å²) < 4.78 is 43.7. The van der Waals surface area contributed by atoms with E-state index in [1.165, 1.54) is 6.07 Å². The first kappa shape index (κ1) is 27.2. The lowest BCUT2D eigenvalue weighted by atomic mass is 9.84. The number of nitrogens with one attached hydrogen (secondary N) is 1. The number of carbonyl (C=O) groups is 1. The summed E-state index contributed by atoms with van der Waals surface area (Å²) in [7, 11) is 5.50. The van der Waals surface area contributed by atoms with Gasteiger partial charge in [-0.05, 0) is 81.9 Å². The van der Waals surface area contributed by atoms with Crippen molar-refractivity contribution < 1.29 is 18.0 Å². The van der Waals surface area contributed by atoms with E-state index in [-0.39, 0.29) is 30.6 Å². The highest BCUT2D eigenvalue weighted by Crippen LogP contribution is 2.44. The highest BCUT2D eigenvalue weighted by Gasteiger charge is 2.46. The van der Waals surface area contributed by atoms with Crippen LogP contribution in [-0.2, 0) is 5.54 Å². The topological polar surface area (TPSA) is 38.8 Å². The quantitative estimate of drug-likeness (QED) is 0.526. The van der Waals surface area contributed by atoms with E-state index in [4.69, 9.17) is 0 Å². The van der Waals surface area contributed by atoms with E-state index < -0.39 is 23.3 Å². The fourth-order valence-electron chi connectivity index (χ4n) is 5.70. The van der Waals surface area contributed by atoms with Crippen LogP contribution in [0.1, 0.15) is 36.8 Å². The van der Waals surface area contributed by atoms with Crippen LogP contribution in [0.3, 0.4) is 0 Å². The number of rotatable bonds is 7. The normalized spacial score (nSPS) is 24.6. The smallest absolute Gasteiger partial charge is 0.321 e. The number of hydrogen-bond donors (Lipinski definition) is 1. The van der Waals surface area contributed by atoms with Crippen LogP contribution in [-0.4, -0.2) is 80.3 Å². The molecule has 2 aromatic rings. The first-order valence-electron chi connectivity index (χ1n) is 13.0. The number of benzene rings is 2. The van der Waals surface area contributed by atoms with E-state index in [1.807, 2.05) is 55.4 Å². The number of urea groups is 1. The summed E-state index contributed by atoms with van der Waals surface area (Å²) in [6.07, 6.45) is 3.21. The molecule has 8 heteroatoms. The summed E-state index contributed by atoms with van der Waals surface area (Å²) in [5.41, 5.74) is 0.778.